The van der Waals surface area contributed by atoms with Crippen LogP contribution in [-0.2, 0) is 0 Å². The summed E-state index contributed by atoms with van der Waals surface area (Å²) in [6.07, 6.45) is 0. The summed E-state index contributed by atoms with van der Waals surface area (Å²) >= 11 is 5.75. The molecule has 22 heavy (non-hydrogen) atoms. The van der Waals surface area contributed by atoms with E-state index < -0.39 is 10.8 Å². The van der Waals surface area contributed by atoms with Crippen LogP contribution in [0.3, 0.4) is 0 Å². The van der Waals surface area contributed by atoms with Crippen LogP contribution in [0.5, 0.6) is 0 Å². The molecule has 0 bridgehead atoms. The van der Waals surface area contributed by atoms with Gasteiger partial charge in [-0.3, -0.25) is 20.2 Å². The van der Waals surface area contributed by atoms with Crippen LogP contribution in [0.15, 0.2) is 53.5 Å². The smallest absolute Gasteiger partial charge is 0.270 e. The molecule has 0 heterocycles. The number of halogens is 1. The van der Waals surface area contributed by atoms with Gasteiger partial charge in [0, 0.05) is 22.7 Å². The Bertz CT molecular complexity index is 744. The Morgan fingerprint density at radius 1 is 1.23 bits per heavy atom. The number of benzene rings is 2. The van der Waals surface area contributed by atoms with Crippen molar-refractivity contribution in [1.29, 1.82) is 0 Å². The average Bonchev–Trinajstić information content (AvgIpc) is 2.49. The molecule has 0 unspecified atom stereocenters. The number of carbonyl (C=O) groups is 1. The summed E-state index contributed by atoms with van der Waals surface area (Å²) in [7, 11) is 0. The normalized spacial score (nSPS) is 11.0. The van der Waals surface area contributed by atoms with Crippen molar-refractivity contribution in [1.82, 2.24) is 5.32 Å². The van der Waals surface area contributed by atoms with Crippen LogP contribution < -0.4 is 11.1 Å². The second kappa shape index (κ2) is 6.68. The van der Waals surface area contributed by atoms with E-state index in [2.05, 4.69) is 10.3 Å². The maximum Gasteiger partial charge on any atom is 0.270 e. The van der Waals surface area contributed by atoms with E-state index in [1.54, 1.807) is 24.3 Å². The number of non-ortho nitro benzene ring substituents is 1. The van der Waals surface area contributed by atoms with Crippen molar-refractivity contribution in [3.63, 3.8) is 0 Å². The molecule has 2 aromatic rings. The van der Waals surface area contributed by atoms with Gasteiger partial charge >= 0.3 is 0 Å². The third-order valence-electron chi connectivity index (χ3n) is 2.64. The monoisotopic (exact) mass is 318 g/mol. The van der Waals surface area contributed by atoms with Crippen molar-refractivity contribution < 1.29 is 9.72 Å². The molecule has 0 aromatic heterocycles. The van der Waals surface area contributed by atoms with Gasteiger partial charge in [-0.05, 0) is 30.3 Å². The van der Waals surface area contributed by atoms with Crippen LogP contribution in [0.25, 0.3) is 0 Å². The second-order valence-electron chi connectivity index (χ2n) is 4.24. The number of aliphatic imine (C=N–C) groups is 1. The van der Waals surface area contributed by atoms with Gasteiger partial charge in [0.05, 0.1) is 10.6 Å². The summed E-state index contributed by atoms with van der Waals surface area (Å²) in [6, 6.07) is 11.8. The summed E-state index contributed by atoms with van der Waals surface area (Å²) in [6.45, 7) is 0. The predicted octanol–water partition coefficient (Wildman–Crippen LogP) is 2.62. The topological polar surface area (TPSA) is 111 Å². The summed E-state index contributed by atoms with van der Waals surface area (Å²) in [4.78, 5) is 26.1. The fourth-order valence-corrected chi connectivity index (χ4v) is 1.76. The van der Waals surface area contributed by atoms with Gasteiger partial charge < -0.3 is 5.73 Å². The molecule has 0 saturated carbocycles. The first-order valence-corrected chi connectivity index (χ1v) is 6.49. The maximum absolute atomic E-state index is 12.0. The van der Waals surface area contributed by atoms with Gasteiger partial charge in [0.2, 0.25) is 5.96 Å². The molecule has 7 nitrogen and oxygen atoms in total. The van der Waals surface area contributed by atoms with Crippen molar-refractivity contribution in [2.24, 2.45) is 10.7 Å². The fraction of sp³-hybridized carbons (Fsp3) is 0. The lowest BCUT2D eigenvalue weighted by molar-refractivity contribution is -0.384. The number of hydrogen-bond acceptors (Lipinski definition) is 4. The number of hydrogen-bond donors (Lipinski definition) is 2. The highest BCUT2D eigenvalue weighted by molar-refractivity contribution is 6.30. The van der Waals surface area contributed by atoms with E-state index in [4.69, 9.17) is 17.3 Å². The Labute approximate surface area is 130 Å². The van der Waals surface area contributed by atoms with E-state index in [0.717, 1.165) is 6.07 Å². The fourth-order valence-electron chi connectivity index (χ4n) is 1.63. The lowest BCUT2D eigenvalue weighted by Gasteiger charge is -2.04. The summed E-state index contributed by atoms with van der Waals surface area (Å²) in [5.41, 5.74) is 6.08. The van der Waals surface area contributed by atoms with Gasteiger partial charge in [-0.1, -0.05) is 17.7 Å². The van der Waals surface area contributed by atoms with E-state index in [-0.39, 0.29) is 17.2 Å². The van der Waals surface area contributed by atoms with Crippen molar-refractivity contribution >= 4 is 34.8 Å². The second-order valence-corrected chi connectivity index (χ2v) is 4.67. The largest absolute Gasteiger partial charge is 0.369 e. The molecular weight excluding hydrogens is 308 g/mol. The molecular formula is C14H11ClN4O3. The first kappa shape index (κ1) is 15.5. The average molecular weight is 319 g/mol. The summed E-state index contributed by atoms with van der Waals surface area (Å²) in [5.74, 6) is -0.710. The number of carbonyl (C=O) groups excluding carboxylic acids is 1. The molecule has 0 aliphatic rings. The van der Waals surface area contributed by atoms with Crippen molar-refractivity contribution in [2.75, 3.05) is 0 Å². The summed E-state index contributed by atoms with van der Waals surface area (Å²) in [5, 5.41) is 13.6. The quantitative estimate of drug-likeness (QED) is 0.392. The van der Waals surface area contributed by atoms with Gasteiger partial charge in [-0.25, -0.2) is 4.99 Å². The van der Waals surface area contributed by atoms with E-state index in [9.17, 15) is 14.9 Å². The minimum atomic E-state index is -0.584. The van der Waals surface area contributed by atoms with Crippen molar-refractivity contribution in [3.05, 3.63) is 69.2 Å². The Kier molecular flexibility index (Phi) is 4.70. The first-order chi connectivity index (χ1) is 10.5. The highest BCUT2D eigenvalue weighted by Gasteiger charge is 2.12. The number of rotatable bonds is 3. The zero-order valence-corrected chi connectivity index (χ0v) is 11.9. The van der Waals surface area contributed by atoms with E-state index in [0.29, 0.717) is 10.7 Å². The highest BCUT2D eigenvalue weighted by Crippen LogP contribution is 2.16. The van der Waals surface area contributed by atoms with Gasteiger partial charge in [-0.15, -0.1) is 0 Å². The minimum Gasteiger partial charge on any atom is -0.369 e. The van der Waals surface area contributed by atoms with Crippen LogP contribution in [0.4, 0.5) is 11.4 Å². The van der Waals surface area contributed by atoms with Crippen molar-refractivity contribution in [2.45, 2.75) is 0 Å². The van der Waals surface area contributed by atoms with E-state index in [1.165, 1.54) is 18.2 Å². The number of nitrogens with zero attached hydrogens (tertiary/aromatic N) is 2. The third kappa shape index (κ3) is 4.03. The molecule has 0 aliphatic heterocycles. The Hall–Kier alpha value is -2.93. The van der Waals surface area contributed by atoms with E-state index >= 15 is 0 Å². The number of nitrogens with one attached hydrogen (secondary N) is 1. The molecule has 112 valence electrons. The first-order valence-electron chi connectivity index (χ1n) is 6.11. The molecule has 2 aromatic carbocycles. The number of nitrogens with two attached hydrogens (primary N) is 1. The number of nitro benzene ring substituents is 1. The van der Waals surface area contributed by atoms with Gasteiger partial charge in [0.1, 0.15) is 0 Å². The van der Waals surface area contributed by atoms with Crippen LogP contribution in [-0.4, -0.2) is 16.8 Å². The van der Waals surface area contributed by atoms with Crippen LogP contribution in [0, 0.1) is 10.1 Å². The molecule has 0 atom stereocenters. The number of amides is 1. The zero-order valence-electron chi connectivity index (χ0n) is 11.2. The molecule has 0 fully saturated rings. The number of guanidine groups is 1. The Morgan fingerprint density at radius 3 is 2.55 bits per heavy atom. The van der Waals surface area contributed by atoms with Crippen molar-refractivity contribution in [3.8, 4) is 0 Å². The maximum atomic E-state index is 12.0. The molecule has 1 amide bonds. The molecule has 0 saturated heterocycles. The minimum absolute atomic E-state index is 0.114. The molecule has 3 N–H and O–H groups in total. The van der Waals surface area contributed by atoms with Gasteiger partial charge in [0.25, 0.3) is 11.6 Å². The highest BCUT2D eigenvalue weighted by atomic mass is 35.5. The van der Waals surface area contributed by atoms with Gasteiger partial charge in [0.15, 0.2) is 0 Å². The lowest BCUT2D eigenvalue weighted by Crippen LogP contribution is -2.36. The molecule has 2 rings (SSSR count). The third-order valence-corrected chi connectivity index (χ3v) is 2.89. The standard InChI is InChI=1S/C14H11ClN4O3/c15-10-4-6-11(7-5-10)17-14(16)18-13(20)9-2-1-3-12(8-9)19(21)22/h1-8H,(H3,16,17,18,20). The Balaban J connectivity index is 2.12. The molecule has 0 spiro atoms. The van der Waals surface area contributed by atoms with Crippen LogP contribution >= 0.6 is 11.6 Å². The zero-order chi connectivity index (χ0) is 16.1. The predicted molar refractivity (Wildman–Crippen MR) is 83.3 cm³/mol. The summed E-state index contributed by atoms with van der Waals surface area (Å²) < 4.78 is 0. The SMILES string of the molecule is NC(=Nc1ccc(Cl)cc1)NC(=O)c1cccc([N+](=O)[O-])c1. The van der Waals surface area contributed by atoms with Crippen LogP contribution in [0.2, 0.25) is 5.02 Å². The van der Waals surface area contributed by atoms with Gasteiger partial charge in [-0.2, -0.15) is 0 Å². The van der Waals surface area contributed by atoms with E-state index in [1.807, 2.05) is 0 Å². The molecule has 8 heteroatoms. The lowest BCUT2D eigenvalue weighted by atomic mass is 10.2. The molecule has 0 radical (unpaired) electrons. The molecule has 0 aliphatic carbocycles. The Morgan fingerprint density at radius 2 is 1.91 bits per heavy atom. The number of nitro groups is 1. The van der Waals surface area contributed by atoms with Crippen LogP contribution in [0.1, 0.15) is 10.4 Å².